The Morgan fingerprint density at radius 3 is 2.33 bits per heavy atom. The molecule has 1 N–H and O–H groups in total. The summed E-state index contributed by atoms with van der Waals surface area (Å²) in [6.07, 6.45) is 1.18. The van der Waals surface area contributed by atoms with Crippen molar-refractivity contribution >= 4 is 22.6 Å². The van der Waals surface area contributed by atoms with E-state index in [1.807, 2.05) is 0 Å². The molecule has 0 bridgehead atoms. The number of rotatable bonds is 5. The van der Waals surface area contributed by atoms with Crippen LogP contribution in [0.1, 0.15) is 32.8 Å². The van der Waals surface area contributed by atoms with Gasteiger partial charge < -0.3 is 5.32 Å². The highest BCUT2D eigenvalue weighted by Gasteiger charge is 2.19. The maximum absolute atomic E-state index is 3.38. The smallest absolute Gasteiger partial charge is 0.0130 e. The van der Waals surface area contributed by atoms with Crippen LogP contribution in [0.3, 0.4) is 0 Å². The monoisotopic (exact) mass is 317 g/mol. The third-order valence-corrected chi connectivity index (χ3v) is 3.52. The number of nitrogens with one attached hydrogen (secondary N) is 1. The molecule has 1 rings (SSSR count). The van der Waals surface area contributed by atoms with Crippen LogP contribution < -0.4 is 5.32 Å². The molecule has 84 valence electrons. The normalized spacial score (nSPS) is 11.7. The largest absolute Gasteiger partial charge is 0.317 e. The van der Waals surface area contributed by atoms with E-state index in [2.05, 4.69) is 72.9 Å². The molecule has 0 aliphatic heterocycles. The highest BCUT2D eigenvalue weighted by atomic mass is 127. The van der Waals surface area contributed by atoms with E-state index in [-0.39, 0.29) is 5.41 Å². The van der Waals surface area contributed by atoms with E-state index in [0.29, 0.717) is 0 Å². The van der Waals surface area contributed by atoms with Crippen LogP contribution in [0.25, 0.3) is 0 Å². The lowest BCUT2D eigenvalue weighted by molar-refractivity contribution is 0.461. The van der Waals surface area contributed by atoms with Gasteiger partial charge in [0.15, 0.2) is 0 Å². The Labute approximate surface area is 107 Å². The first-order valence-electron chi connectivity index (χ1n) is 5.53. The summed E-state index contributed by atoms with van der Waals surface area (Å²) in [5.74, 6) is 0. The molecule has 0 spiro atoms. The van der Waals surface area contributed by atoms with E-state index in [0.717, 1.165) is 13.1 Å². The number of benzene rings is 1. The maximum Gasteiger partial charge on any atom is 0.0130 e. The van der Waals surface area contributed by atoms with Crippen LogP contribution in [0.5, 0.6) is 0 Å². The van der Waals surface area contributed by atoms with Crippen LogP contribution in [-0.4, -0.2) is 13.1 Å². The molecule has 15 heavy (non-hydrogen) atoms. The molecule has 0 saturated carbocycles. The second kappa shape index (κ2) is 5.85. The molecule has 0 amide bonds. The van der Waals surface area contributed by atoms with Crippen LogP contribution in [0, 0.1) is 3.57 Å². The third kappa shape index (κ3) is 4.11. The fourth-order valence-electron chi connectivity index (χ4n) is 1.62. The molecule has 1 aromatic rings. The molecule has 0 saturated heterocycles. The molecule has 0 unspecified atom stereocenters. The summed E-state index contributed by atoms with van der Waals surface area (Å²) in [5.41, 5.74) is 1.70. The van der Waals surface area contributed by atoms with Crippen molar-refractivity contribution in [3.63, 3.8) is 0 Å². The molecule has 0 heterocycles. The van der Waals surface area contributed by atoms with Crippen molar-refractivity contribution in [3.05, 3.63) is 33.4 Å². The summed E-state index contributed by atoms with van der Waals surface area (Å²) in [6.45, 7) is 8.93. The lowest BCUT2D eigenvalue weighted by Gasteiger charge is -2.25. The van der Waals surface area contributed by atoms with E-state index < -0.39 is 0 Å². The van der Waals surface area contributed by atoms with Crippen molar-refractivity contribution in [1.29, 1.82) is 0 Å². The summed E-state index contributed by atoms with van der Waals surface area (Å²) in [6, 6.07) is 8.86. The third-order valence-electron chi connectivity index (χ3n) is 2.80. The van der Waals surface area contributed by atoms with Crippen LogP contribution in [0.15, 0.2) is 24.3 Å². The van der Waals surface area contributed by atoms with Gasteiger partial charge in [0, 0.05) is 3.57 Å². The van der Waals surface area contributed by atoms with E-state index in [9.17, 15) is 0 Å². The molecule has 0 atom stereocenters. The van der Waals surface area contributed by atoms with Crippen LogP contribution in [0.4, 0.5) is 0 Å². The number of hydrogen-bond acceptors (Lipinski definition) is 1. The Bertz CT molecular complexity index is 290. The van der Waals surface area contributed by atoms with Gasteiger partial charge in [-0.3, -0.25) is 0 Å². The molecular weight excluding hydrogens is 297 g/mol. The molecule has 0 aliphatic rings. The summed E-state index contributed by atoms with van der Waals surface area (Å²) >= 11 is 2.35. The van der Waals surface area contributed by atoms with Crippen LogP contribution in [-0.2, 0) is 5.41 Å². The van der Waals surface area contributed by atoms with E-state index in [4.69, 9.17) is 0 Å². The number of hydrogen-bond donors (Lipinski definition) is 1. The van der Waals surface area contributed by atoms with Crippen LogP contribution in [0.2, 0.25) is 0 Å². The van der Waals surface area contributed by atoms with Crippen molar-refractivity contribution in [3.8, 4) is 0 Å². The molecule has 1 aromatic carbocycles. The standard InChI is InChI=1S/C13H20IN/c1-4-15-10-9-13(2,3)11-5-7-12(14)8-6-11/h5-8,15H,4,9-10H2,1-3H3. The summed E-state index contributed by atoms with van der Waals surface area (Å²) < 4.78 is 1.30. The zero-order chi connectivity index (χ0) is 11.3. The summed E-state index contributed by atoms with van der Waals surface area (Å²) in [4.78, 5) is 0. The second-order valence-electron chi connectivity index (χ2n) is 4.49. The Morgan fingerprint density at radius 1 is 1.20 bits per heavy atom. The summed E-state index contributed by atoms with van der Waals surface area (Å²) in [7, 11) is 0. The molecule has 1 nitrogen and oxygen atoms in total. The van der Waals surface area contributed by atoms with Gasteiger partial charge in [-0.15, -0.1) is 0 Å². The highest BCUT2D eigenvalue weighted by molar-refractivity contribution is 14.1. The Balaban J connectivity index is 2.63. The Kier molecular flexibility index (Phi) is 5.06. The first-order valence-corrected chi connectivity index (χ1v) is 6.61. The summed E-state index contributed by atoms with van der Waals surface area (Å²) in [5, 5.41) is 3.38. The van der Waals surface area contributed by atoms with E-state index >= 15 is 0 Å². The predicted octanol–water partition coefficient (Wildman–Crippen LogP) is 3.57. The molecule has 0 aromatic heterocycles. The van der Waals surface area contributed by atoms with Crippen molar-refractivity contribution in [1.82, 2.24) is 5.32 Å². The van der Waals surface area contributed by atoms with Gasteiger partial charge in [-0.2, -0.15) is 0 Å². The lowest BCUT2D eigenvalue weighted by atomic mass is 9.81. The van der Waals surface area contributed by atoms with Crippen molar-refractivity contribution < 1.29 is 0 Å². The van der Waals surface area contributed by atoms with Crippen molar-refractivity contribution in [2.24, 2.45) is 0 Å². The van der Waals surface area contributed by atoms with Gasteiger partial charge in [-0.05, 0) is 65.2 Å². The zero-order valence-electron chi connectivity index (χ0n) is 9.81. The predicted molar refractivity (Wildman–Crippen MR) is 75.3 cm³/mol. The molecule has 0 fully saturated rings. The highest BCUT2D eigenvalue weighted by Crippen LogP contribution is 2.26. The first kappa shape index (κ1) is 13.0. The van der Waals surface area contributed by atoms with Crippen molar-refractivity contribution in [2.75, 3.05) is 13.1 Å². The minimum Gasteiger partial charge on any atom is -0.317 e. The average molecular weight is 317 g/mol. The Morgan fingerprint density at radius 2 is 1.80 bits per heavy atom. The van der Waals surface area contributed by atoms with Gasteiger partial charge in [-0.25, -0.2) is 0 Å². The Hall–Kier alpha value is -0.0900. The maximum atomic E-state index is 3.38. The van der Waals surface area contributed by atoms with Gasteiger partial charge >= 0.3 is 0 Å². The zero-order valence-corrected chi connectivity index (χ0v) is 12.0. The van der Waals surface area contributed by atoms with E-state index in [1.165, 1.54) is 15.6 Å². The molecule has 0 aliphatic carbocycles. The fraction of sp³-hybridized carbons (Fsp3) is 0.538. The molecular formula is C13H20IN. The quantitative estimate of drug-likeness (QED) is 0.647. The average Bonchev–Trinajstić information content (AvgIpc) is 2.18. The van der Waals surface area contributed by atoms with Gasteiger partial charge in [-0.1, -0.05) is 32.9 Å². The van der Waals surface area contributed by atoms with Gasteiger partial charge in [0.1, 0.15) is 0 Å². The lowest BCUT2D eigenvalue weighted by Crippen LogP contribution is -2.25. The first-order chi connectivity index (χ1) is 7.06. The van der Waals surface area contributed by atoms with Gasteiger partial charge in [0.2, 0.25) is 0 Å². The van der Waals surface area contributed by atoms with Gasteiger partial charge in [0.05, 0.1) is 0 Å². The van der Waals surface area contributed by atoms with Crippen molar-refractivity contribution in [2.45, 2.75) is 32.6 Å². The SMILES string of the molecule is CCNCCC(C)(C)c1ccc(I)cc1. The minimum absolute atomic E-state index is 0.270. The topological polar surface area (TPSA) is 12.0 Å². The molecule has 2 heteroatoms. The molecule has 0 radical (unpaired) electrons. The second-order valence-corrected chi connectivity index (χ2v) is 5.74. The van der Waals surface area contributed by atoms with Crippen LogP contribution >= 0.6 is 22.6 Å². The van der Waals surface area contributed by atoms with Gasteiger partial charge in [0.25, 0.3) is 0 Å². The number of halogens is 1. The minimum atomic E-state index is 0.270. The van der Waals surface area contributed by atoms with E-state index in [1.54, 1.807) is 0 Å². The fourth-order valence-corrected chi connectivity index (χ4v) is 1.98.